The molecular formula is C15H17NO3. The third-order valence-corrected chi connectivity index (χ3v) is 2.81. The summed E-state index contributed by atoms with van der Waals surface area (Å²) in [7, 11) is 0. The summed E-state index contributed by atoms with van der Waals surface area (Å²) in [5.41, 5.74) is 1.68. The molecule has 100 valence electrons. The largest absolute Gasteiger partial charge is 0.439 e. The van der Waals surface area contributed by atoms with Gasteiger partial charge in [0.15, 0.2) is 0 Å². The van der Waals surface area contributed by atoms with Gasteiger partial charge in [-0.15, -0.1) is 0 Å². The van der Waals surface area contributed by atoms with E-state index in [0.717, 1.165) is 11.1 Å². The minimum absolute atomic E-state index is 0.0781. The molecule has 2 rings (SSSR count). The van der Waals surface area contributed by atoms with Crippen LogP contribution in [-0.4, -0.2) is 21.8 Å². The van der Waals surface area contributed by atoms with Gasteiger partial charge in [0.05, 0.1) is 6.10 Å². The molecule has 1 aromatic heterocycles. The van der Waals surface area contributed by atoms with E-state index >= 15 is 0 Å². The molecule has 0 radical (unpaired) electrons. The number of aliphatic hydroxyl groups excluding tert-OH is 2. The Labute approximate surface area is 112 Å². The quantitative estimate of drug-likeness (QED) is 0.865. The molecule has 1 aromatic carbocycles. The van der Waals surface area contributed by atoms with Gasteiger partial charge in [-0.2, -0.15) is 0 Å². The fourth-order valence-electron chi connectivity index (χ4n) is 1.74. The predicted octanol–water partition coefficient (Wildman–Crippen LogP) is 2.46. The van der Waals surface area contributed by atoms with Crippen LogP contribution in [0.1, 0.15) is 24.2 Å². The van der Waals surface area contributed by atoms with Crippen LogP contribution >= 0.6 is 0 Å². The van der Waals surface area contributed by atoms with E-state index in [1.807, 2.05) is 24.3 Å². The monoisotopic (exact) mass is 259 g/mol. The zero-order chi connectivity index (χ0) is 13.7. The van der Waals surface area contributed by atoms with Gasteiger partial charge in [-0.25, -0.2) is 4.98 Å². The Morgan fingerprint density at radius 3 is 2.63 bits per heavy atom. The van der Waals surface area contributed by atoms with Gasteiger partial charge in [0.1, 0.15) is 5.75 Å². The summed E-state index contributed by atoms with van der Waals surface area (Å²) >= 11 is 0. The van der Waals surface area contributed by atoms with Gasteiger partial charge in [0.25, 0.3) is 0 Å². The first-order chi connectivity index (χ1) is 9.20. The normalized spacial score (nSPS) is 12.2. The maximum absolute atomic E-state index is 9.41. The molecule has 2 N–H and O–H groups in total. The molecule has 0 fully saturated rings. The molecule has 19 heavy (non-hydrogen) atoms. The molecule has 4 heteroatoms. The Balaban J connectivity index is 2.16. The number of benzene rings is 1. The van der Waals surface area contributed by atoms with Gasteiger partial charge in [-0.05, 0) is 36.6 Å². The molecule has 0 saturated carbocycles. The lowest BCUT2D eigenvalue weighted by Gasteiger charge is -2.10. The van der Waals surface area contributed by atoms with E-state index in [0.29, 0.717) is 18.1 Å². The van der Waals surface area contributed by atoms with Gasteiger partial charge in [-0.1, -0.05) is 18.2 Å². The second-order valence-corrected chi connectivity index (χ2v) is 4.29. The number of para-hydroxylation sites is 1. The smallest absolute Gasteiger partial charge is 0.219 e. The van der Waals surface area contributed by atoms with Crippen molar-refractivity contribution in [1.29, 1.82) is 0 Å². The summed E-state index contributed by atoms with van der Waals surface area (Å²) in [6.07, 6.45) is 1.60. The van der Waals surface area contributed by atoms with E-state index in [1.54, 1.807) is 25.3 Å². The third-order valence-electron chi connectivity index (χ3n) is 2.81. The van der Waals surface area contributed by atoms with Crippen molar-refractivity contribution in [3.05, 3.63) is 53.7 Å². The fraction of sp³-hybridized carbons (Fsp3) is 0.267. The van der Waals surface area contributed by atoms with Crippen molar-refractivity contribution in [3.8, 4) is 11.6 Å². The molecule has 1 unspecified atom stereocenters. The highest BCUT2D eigenvalue weighted by Crippen LogP contribution is 2.24. The van der Waals surface area contributed by atoms with Crippen LogP contribution in [0.3, 0.4) is 0 Å². The van der Waals surface area contributed by atoms with Crippen LogP contribution in [-0.2, 0) is 6.42 Å². The van der Waals surface area contributed by atoms with E-state index in [2.05, 4.69) is 4.98 Å². The van der Waals surface area contributed by atoms with Crippen molar-refractivity contribution >= 4 is 0 Å². The molecule has 2 aromatic rings. The van der Waals surface area contributed by atoms with Gasteiger partial charge < -0.3 is 14.9 Å². The van der Waals surface area contributed by atoms with Crippen LogP contribution in [0.25, 0.3) is 0 Å². The lowest BCUT2D eigenvalue weighted by atomic mass is 10.1. The minimum atomic E-state index is -0.539. The SMILES string of the molecule is CC(O)c1ccc(Oc2ccccc2CCO)nc1. The van der Waals surface area contributed by atoms with Gasteiger partial charge in [0, 0.05) is 18.9 Å². The number of pyridine rings is 1. The molecule has 0 saturated heterocycles. The summed E-state index contributed by atoms with van der Waals surface area (Å²) in [6.45, 7) is 1.77. The first-order valence-electron chi connectivity index (χ1n) is 6.21. The molecular weight excluding hydrogens is 242 g/mol. The molecule has 0 spiro atoms. The lowest BCUT2D eigenvalue weighted by molar-refractivity contribution is 0.198. The standard InChI is InChI=1S/C15H17NO3/c1-11(18)13-6-7-15(16-10-13)19-14-5-3-2-4-12(14)8-9-17/h2-7,10-11,17-18H,8-9H2,1H3. The van der Waals surface area contributed by atoms with Crippen molar-refractivity contribution in [3.63, 3.8) is 0 Å². The summed E-state index contributed by atoms with van der Waals surface area (Å²) in [5.74, 6) is 1.16. The number of nitrogens with zero attached hydrogens (tertiary/aromatic N) is 1. The topological polar surface area (TPSA) is 62.6 Å². The summed E-state index contributed by atoms with van der Waals surface area (Å²) in [4.78, 5) is 4.15. The van der Waals surface area contributed by atoms with Gasteiger partial charge in [-0.3, -0.25) is 0 Å². The molecule has 1 heterocycles. The molecule has 0 amide bonds. The number of hydrogen-bond acceptors (Lipinski definition) is 4. The molecule has 0 aliphatic carbocycles. The van der Waals surface area contributed by atoms with E-state index in [-0.39, 0.29) is 6.61 Å². The van der Waals surface area contributed by atoms with E-state index in [4.69, 9.17) is 9.84 Å². The zero-order valence-electron chi connectivity index (χ0n) is 10.8. The van der Waals surface area contributed by atoms with Gasteiger partial charge in [0.2, 0.25) is 5.88 Å². The molecule has 0 aliphatic rings. The minimum Gasteiger partial charge on any atom is -0.439 e. The highest BCUT2D eigenvalue weighted by atomic mass is 16.5. The van der Waals surface area contributed by atoms with Crippen LogP contribution < -0.4 is 4.74 Å². The summed E-state index contributed by atoms with van der Waals surface area (Å²) in [5, 5.41) is 18.4. The second-order valence-electron chi connectivity index (χ2n) is 4.29. The molecule has 0 bridgehead atoms. The Morgan fingerprint density at radius 2 is 2.00 bits per heavy atom. The van der Waals surface area contributed by atoms with Crippen LogP contribution in [0.15, 0.2) is 42.6 Å². The molecule has 1 atom stereocenters. The van der Waals surface area contributed by atoms with Gasteiger partial charge >= 0.3 is 0 Å². The van der Waals surface area contributed by atoms with Crippen molar-refractivity contribution in [2.75, 3.05) is 6.61 Å². The predicted molar refractivity (Wildman–Crippen MR) is 72.2 cm³/mol. The number of hydrogen-bond donors (Lipinski definition) is 2. The highest BCUT2D eigenvalue weighted by Gasteiger charge is 2.06. The van der Waals surface area contributed by atoms with Crippen molar-refractivity contribution in [2.24, 2.45) is 0 Å². The van der Waals surface area contributed by atoms with Crippen molar-refractivity contribution < 1.29 is 14.9 Å². The summed E-state index contributed by atoms with van der Waals surface area (Å²) < 4.78 is 5.69. The second kappa shape index (κ2) is 6.31. The highest BCUT2D eigenvalue weighted by molar-refractivity contribution is 5.36. The zero-order valence-corrected chi connectivity index (χ0v) is 10.8. The average Bonchev–Trinajstić information content (AvgIpc) is 2.42. The third kappa shape index (κ3) is 3.53. The Kier molecular flexibility index (Phi) is 4.49. The fourth-order valence-corrected chi connectivity index (χ4v) is 1.74. The Hall–Kier alpha value is -1.91. The molecule has 4 nitrogen and oxygen atoms in total. The maximum Gasteiger partial charge on any atom is 0.219 e. The number of aliphatic hydroxyl groups is 2. The Bertz CT molecular complexity index is 523. The van der Waals surface area contributed by atoms with E-state index in [1.165, 1.54) is 0 Å². The first kappa shape index (κ1) is 13.5. The van der Waals surface area contributed by atoms with E-state index < -0.39 is 6.10 Å². The maximum atomic E-state index is 9.41. The summed E-state index contributed by atoms with van der Waals surface area (Å²) in [6, 6.07) is 11.0. The first-order valence-corrected chi connectivity index (χ1v) is 6.21. The average molecular weight is 259 g/mol. The number of aromatic nitrogens is 1. The van der Waals surface area contributed by atoms with Crippen LogP contribution in [0.4, 0.5) is 0 Å². The number of rotatable bonds is 5. The van der Waals surface area contributed by atoms with Crippen LogP contribution in [0.5, 0.6) is 11.6 Å². The Morgan fingerprint density at radius 1 is 1.21 bits per heavy atom. The van der Waals surface area contributed by atoms with E-state index in [9.17, 15) is 5.11 Å². The lowest BCUT2D eigenvalue weighted by Crippen LogP contribution is -1.97. The van der Waals surface area contributed by atoms with Crippen molar-refractivity contribution in [1.82, 2.24) is 4.98 Å². The number of ether oxygens (including phenoxy) is 1. The van der Waals surface area contributed by atoms with Crippen molar-refractivity contribution in [2.45, 2.75) is 19.4 Å². The van der Waals surface area contributed by atoms with Crippen LogP contribution in [0.2, 0.25) is 0 Å². The van der Waals surface area contributed by atoms with Crippen LogP contribution in [0, 0.1) is 0 Å². The molecule has 0 aliphatic heterocycles.